The third-order valence-electron chi connectivity index (χ3n) is 5.00. The number of ether oxygens (including phenoxy) is 2. The first-order chi connectivity index (χ1) is 17.1. The highest BCUT2D eigenvalue weighted by Crippen LogP contribution is 2.32. The molecule has 1 aromatic heterocycles. The van der Waals surface area contributed by atoms with Crippen LogP contribution >= 0.6 is 0 Å². The second-order valence-electron chi connectivity index (χ2n) is 7.64. The van der Waals surface area contributed by atoms with Gasteiger partial charge in [-0.3, -0.25) is 4.79 Å². The number of rotatable bonds is 9. The molecule has 2 aromatic carbocycles. The van der Waals surface area contributed by atoms with Gasteiger partial charge in [-0.05, 0) is 30.7 Å². The fourth-order valence-corrected chi connectivity index (χ4v) is 3.28. The lowest BCUT2D eigenvalue weighted by Crippen LogP contribution is -2.53. The molecule has 12 heteroatoms. The van der Waals surface area contributed by atoms with Gasteiger partial charge in [0.1, 0.15) is 11.6 Å². The first-order valence-electron chi connectivity index (χ1n) is 10.7. The summed E-state index contributed by atoms with van der Waals surface area (Å²) in [5.74, 6) is -1.49. The summed E-state index contributed by atoms with van der Waals surface area (Å²) in [6.45, 7) is 1.34. The van der Waals surface area contributed by atoms with Crippen LogP contribution in [0.2, 0.25) is 0 Å². The van der Waals surface area contributed by atoms with E-state index in [1.165, 1.54) is 6.07 Å². The molecule has 3 aromatic rings. The molecule has 5 N–H and O–H groups in total. The van der Waals surface area contributed by atoms with Crippen LogP contribution < -0.4 is 21.5 Å². The number of aromatic nitrogens is 2. The van der Waals surface area contributed by atoms with E-state index in [1.807, 2.05) is 12.1 Å². The van der Waals surface area contributed by atoms with E-state index in [0.29, 0.717) is 0 Å². The molecule has 9 nitrogen and oxygen atoms in total. The number of alkyl halides is 3. The van der Waals surface area contributed by atoms with Gasteiger partial charge in [0.2, 0.25) is 11.8 Å². The van der Waals surface area contributed by atoms with Crippen LogP contribution in [0.25, 0.3) is 0 Å². The maximum Gasteiger partial charge on any atom is 0.416 e. The van der Waals surface area contributed by atoms with Crippen LogP contribution in [0.15, 0.2) is 54.6 Å². The molecule has 0 aliphatic rings. The van der Waals surface area contributed by atoms with Crippen LogP contribution in [0, 0.1) is 11.3 Å². The van der Waals surface area contributed by atoms with Crippen molar-refractivity contribution in [3.05, 3.63) is 77.0 Å². The first-order valence-corrected chi connectivity index (χ1v) is 10.7. The summed E-state index contributed by atoms with van der Waals surface area (Å²) < 4.78 is 50.5. The number of hydrogen-bond donors (Lipinski definition) is 3. The van der Waals surface area contributed by atoms with Gasteiger partial charge in [0.15, 0.2) is 5.54 Å². The monoisotopic (exact) mass is 500 g/mol. The Bertz CT molecular complexity index is 1260. The number of halogens is 3. The van der Waals surface area contributed by atoms with Crippen LogP contribution in [0.4, 0.5) is 24.8 Å². The molecule has 0 spiro atoms. The Morgan fingerprint density at radius 3 is 2.50 bits per heavy atom. The summed E-state index contributed by atoms with van der Waals surface area (Å²) >= 11 is 0. The van der Waals surface area contributed by atoms with Crippen molar-refractivity contribution in [2.75, 3.05) is 24.3 Å². The third-order valence-corrected chi connectivity index (χ3v) is 5.00. The predicted octanol–water partition coefficient (Wildman–Crippen LogP) is 3.36. The normalized spacial score (nSPS) is 12.9. The Morgan fingerprint density at radius 1 is 1.14 bits per heavy atom. The largest absolute Gasteiger partial charge is 0.477 e. The zero-order valence-corrected chi connectivity index (χ0v) is 19.2. The van der Waals surface area contributed by atoms with Crippen molar-refractivity contribution in [2.45, 2.75) is 25.2 Å². The lowest BCUT2D eigenvalue weighted by atomic mass is 9.92. The van der Waals surface area contributed by atoms with Crippen molar-refractivity contribution in [1.82, 2.24) is 9.97 Å². The molecule has 0 unspecified atom stereocenters. The zero-order valence-electron chi connectivity index (χ0n) is 19.2. The molecule has 0 aliphatic heterocycles. The number of nitriles is 1. The molecule has 0 bridgehead atoms. The van der Waals surface area contributed by atoms with Crippen LogP contribution in [-0.2, 0) is 27.9 Å². The van der Waals surface area contributed by atoms with Gasteiger partial charge in [-0.25, -0.2) is 4.98 Å². The van der Waals surface area contributed by atoms with Crippen LogP contribution in [-0.4, -0.2) is 29.1 Å². The maximum absolute atomic E-state index is 13.4. The predicted molar refractivity (Wildman–Crippen MR) is 124 cm³/mol. The van der Waals surface area contributed by atoms with Crippen LogP contribution in [0.5, 0.6) is 5.88 Å². The molecule has 3 rings (SSSR count). The quantitative estimate of drug-likeness (QED) is 0.405. The molecule has 1 heterocycles. The van der Waals surface area contributed by atoms with Crippen molar-refractivity contribution in [3.8, 4) is 11.9 Å². The maximum atomic E-state index is 13.4. The number of nitrogen functional groups attached to an aromatic ring is 1. The average Bonchev–Trinajstić information content (AvgIpc) is 2.84. The van der Waals surface area contributed by atoms with E-state index >= 15 is 0 Å². The summed E-state index contributed by atoms with van der Waals surface area (Å²) in [7, 11) is 0. The number of nitrogens with zero attached hydrogens (tertiary/aromatic N) is 3. The summed E-state index contributed by atoms with van der Waals surface area (Å²) in [6.07, 6.45) is -4.62. The Morgan fingerprint density at radius 2 is 1.86 bits per heavy atom. The minimum Gasteiger partial charge on any atom is -0.477 e. The topological polar surface area (TPSA) is 149 Å². The molecule has 1 amide bonds. The molecule has 0 radical (unpaired) electrons. The van der Waals surface area contributed by atoms with Crippen molar-refractivity contribution in [1.29, 1.82) is 5.26 Å². The van der Waals surface area contributed by atoms with E-state index in [2.05, 4.69) is 15.3 Å². The van der Waals surface area contributed by atoms with E-state index in [-0.39, 0.29) is 42.0 Å². The highest BCUT2D eigenvalue weighted by molar-refractivity contribution is 5.99. The van der Waals surface area contributed by atoms with Gasteiger partial charge in [-0.1, -0.05) is 36.4 Å². The number of benzene rings is 2. The van der Waals surface area contributed by atoms with Crippen molar-refractivity contribution in [3.63, 3.8) is 0 Å². The molecule has 36 heavy (non-hydrogen) atoms. The highest BCUT2D eigenvalue weighted by Gasteiger charge is 2.42. The minimum absolute atomic E-state index is 0.0530. The minimum atomic E-state index is -4.62. The average molecular weight is 500 g/mol. The molecule has 0 saturated heterocycles. The van der Waals surface area contributed by atoms with Gasteiger partial charge in [0.05, 0.1) is 31.1 Å². The van der Waals surface area contributed by atoms with Crippen molar-refractivity contribution < 1.29 is 27.4 Å². The van der Waals surface area contributed by atoms with E-state index in [9.17, 15) is 23.2 Å². The fourth-order valence-electron chi connectivity index (χ4n) is 3.28. The van der Waals surface area contributed by atoms with Crippen LogP contribution in [0.3, 0.4) is 0 Å². The van der Waals surface area contributed by atoms with Crippen molar-refractivity contribution >= 4 is 17.5 Å². The van der Waals surface area contributed by atoms with E-state index in [1.54, 1.807) is 31.2 Å². The molecule has 0 fully saturated rings. The van der Waals surface area contributed by atoms with Crippen molar-refractivity contribution in [2.24, 2.45) is 5.73 Å². The molecule has 1 atom stereocenters. The summed E-state index contributed by atoms with van der Waals surface area (Å²) in [4.78, 5) is 21.3. The summed E-state index contributed by atoms with van der Waals surface area (Å²) in [6, 6.07) is 14.9. The van der Waals surface area contributed by atoms with Gasteiger partial charge < -0.3 is 26.3 Å². The molecule has 188 valence electrons. The number of nitrogens with two attached hydrogens (primary N) is 2. The first kappa shape index (κ1) is 26.4. The Labute approximate surface area is 204 Å². The fraction of sp³-hybridized carbons (Fsp3) is 0.250. The zero-order chi connectivity index (χ0) is 26.3. The van der Waals surface area contributed by atoms with Gasteiger partial charge >= 0.3 is 6.18 Å². The SMILES string of the molecule is CCOc1nc(N)nc([C@](N)(COCc2ccccc2)C(=O)Nc2cccc(C(F)(F)F)c2)c1C#N. The van der Waals surface area contributed by atoms with E-state index in [4.69, 9.17) is 20.9 Å². The van der Waals surface area contributed by atoms with Gasteiger partial charge in [-0.2, -0.15) is 23.4 Å². The third kappa shape index (κ3) is 6.07. The molecule has 0 saturated carbocycles. The second kappa shape index (κ2) is 11.0. The molecular formula is C24H23F3N6O3. The van der Waals surface area contributed by atoms with Gasteiger partial charge in [0, 0.05) is 5.69 Å². The number of amides is 1. The molecular weight excluding hydrogens is 477 g/mol. The Balaban J connectivity index is 2.02. The van der Waals surface area contributed by atoms with E-state index in [0.717, 1.165) is 23.8 Å². The number of carbonyl (C=O) groups is 1. The lowest BCUT2D eigenvalue weighted by Gasteiger charge is -2.29. The van der Waals surface area contributed by atoms with Gasteiger partial charge in [0.25, 0.3) is 5.91 Å². The summed E-state index contributed by atoms with van der Waals surface area (Å²) in [5.41, 5.74) is 9.22. The lowest BCUT2D eigenvalue weighted by molar-refractivity contribution is -0.137. The summed E-state index contributed by atoms with van der Waals surface area (Å²) in [5, 5.41) is 12.1. The molecule has 0 aliphatic carbocycles. The second-order valence-corrected chi connectivity index (χ2v) is 7.64. The number of carbonyl (C=O) groups excluding carboxylic acids is 1. The smallest absolute Gasteiger partial charge is 0.416 e. The number of anilines is 2. The Hall–Kier alpha value is -4.21. The number of nitrogens with one attached hydrogen (secondary N) is 1. The van der Waals surface area contributed by atoms with E-state index < -0.39 is 29.8 Å². The Kier molecular flexibility index (Phi) is 8.08. The number of hydrogen-bond acceptors (Lipinski definition) is 8. The highest BCUT2D eigenvalue weighted by atomic mass is 19.4. The van der Waals surface area contributed by atoms with Gasteiger partial charge in [-0.15, -0.1) is 0 Å². The van der Waals surface area contributed by atoms with Crippen LogP contribution in [0.1, 0.15) is 29.3 Å². The standard InChI is InChI=1S/C24H23F3N6O3/c1-2-36-20-18(12-28)19(32-22(29)33-20)23(30,14-35-13-15-7-4-3-5-8-15)21(34)31-17-10-6-9-16(11-17)24(25,26)27/h3-11H,2,13-14,30H2,1H3,(H,31,34)(H2,29,32,33)/t23-/m1/s1.